The summed E-state index contributed by atoms with van der Waals surface area (Å²) < 4.78 is 4.46. The molecule has 1 rings (SSSR count). The fourth-order valence-electron chi connectivity index (χ4n) is 0.512. The molecule has 1 aromatic rings. The SMILES string of the molecule is O=COc1cncc(Cl)c1. The van der Waals surface area contributed by atoms with Crippen LogP contribution in [0.15, 0.2) is 18.5 Å². The summed E-state index contributed by atoms with van der Waals surface area (Å²) in [5, 5.41) is 0.444. The predicted octanol–water partition coefficient (Wildman–Crippen LogP) is 1.27. The molecule has 0 amide bonds. The Morgan fingerprint density at radius 1 is 1.60 bits per heavy atom. The Labute approximate surface area is 62.6 Å². The number of hydrogen-bond donors (Lipinski definition) is 0. The van der Waals surface area contributed by atoms with Crippen LogP contribution in [0.5, 0.6) is 5.75 Å². The van der Waals surface area contributed by atoms with Gasteiger partial charge in [-0.05, 0) is 0 Å². The Balaban J connectivity index is 2.84. The highest BCUT2D eigenvalue weighted by Crippen LogP contribution is 2.13. The average molecular weight is 158 g/mol. The molecule has 52 valence electrons. The van der Waals surface area contributed by atoms with E-state index in [4.69, 9.17) is 11.6 Å². The van der Waals surface area contributed by atoms with Gasteiger partial charge < -0.3 is 4.74 Å². The Kier molecular flexibility index (Phi) is 2.23. The smallest absolute Gasteiger partial charge is 0.298 e. The summed E-state index contributed by atoms with van der Waals surface area (Å²) in [4.78, 5) is 13.5. The van der Waals surface area contributed by atoms with Gasteiger partial charge in [0.2, 0.25) is 0 Å². The lowest BCUT2D eigenvalue weighted by molar-refractivity contribution is -0.120. The van der Waals surface area contributed by atoms with E-state index in [1.807, 2.05) is 0 Å². The van der Waals surface area contributed by atoms with Crippen molar-refractivity contribution in [3.63, 3.8) is 0 Å². The molecule has 0 radical (unpaired) electrons. The minimum atomic E-state index is 0.327. The van der Waals surface area contributed by atoms with E-state index in [9.17, 15) is 4.79 Å². The van der Waals surface area contributed by atoms with Crippen LogP contribution in [0.2, 0.25) is 5.02 Å². The van der Waals surface area contributed by atoms with Crippen molar-refractivity contribution in [2.45, 2.75) is 0 Å². The van der Waals surface area contributed by atoms with Crippen molar-refractivity contribution in [1.82, 2.24) is 4.98 Å². The third-order valence-electron chi connectivity index (χ3n) is 0.864. The van der Waals surface area contributed by atoms with Gasteiger partial charge in [0.15, 0.2) is 0 Å². The van der Waals surface area contributed by atoms with Crippen LogP contribution >= 0.6 is 11.6 Å². The van der Waals surface area contributed by atoms with Crippen molar-refractivity contribution >= 4 is 18.1 Å². The largest absolute Gasteiger partial charge is 0.427 e. The van der Waals surface area contributed by atoms with Crippen molar-refractivity contribution < 1.29 is 9.53 Å². The molecule has 0 aromatic carbocycles. The fourth-order valence-corrected chi connectivity index (χ4v) is 0.676. The third kappa shape index (κ3) is 1.70. The standard InChI is InChI=1S/C6H4ClNO2/c7-5-1-6(10-4-9)3-8-2-5/h1-4H. The first-order chi connectivity index (χ1) is 4.83. The molecule has 0 bridgehead atoms. The lowest BCUT2D eigenvalue weighted by atomic mass is 10.5. The molecule has 10 heavy (non-hydrogen) atoms. The van der Waals surface area contributed by atoms with E-state index in [-0.39, 0.29) is 0 Å². The molecule has 0 unspecified atom stereocenters. The van der Waals surface area contributed by atoms with Crippen LogP contribution in [0.25, 0.3) is 0 Å². The van der Waals surface area contributed by atoms with Crippen LogP contribution in [0.3, 0.4) is 0 Å². The van der Waals surface area contributed by atoms with E-state index in [1.165, 1.54) is 18.5 Å². The van der Waals surface area contributed by atoms with E-state index >= 15 is 0 Å². The number of hydrogen-bond acceptors (Lipinski definition) is 3. The number of rotatable bonds is 2. The summed E-state index contributed by atoms with van der Waals surface area (Å²) in [6.07, 6.45) is 2.86. The van der Waals surface area contributed by atoms with Crippen molar-refractivity contribution in [1.29, 1.82) is 0 Å². The van der Waals surface area contributed by atoms with E-state index in [0.717, 1.165) is 0 Å². The summed E-state index contributed by atoms with van der Waals surface area (Å²) in [7, 11) is 0. The van der Waals surface area contributed by atoms with Gasteiger partial charge in [-0.2, -0.15) is 0 Å². The molecule has 0 spiro atoms. The lowest BCUT2D eigenvalue weighted by Crippen LogP contribution is -1.88. The van der Waals surface area contributed by atoms with Crippen LogP contribution in [0.1, 0.15) is 0 Å². The number of pyridine rings is 1. The third-order valence-corrected chi connectivity index (χ3v) is 1.07. The van der Waals surface area contributed by atoms with Crippen molar-refractivity contribution in [2.24, 2.45) is 0 Å². The molecule has 0 fully saturated rings. The Morgan fingerprint density at radius 3 is 3.00 bits per heavy atom. The second kappa shape index (κ2) is 3.17. The zero-order chi connectivity index (χ0) is 7.40. The van der Waals surface area contributed by atoms with Crippen LogP contribution in [-0.2, 0) is 4.79 Å². The first-order valence-corrected chi connectivity index (χ1v) is 2.91. The first-order valence-electron chi connectivity index (χ1n) is 2.54. The van der Waals surface area contributed by atoms with Crippen LogP contribution < -0.4 is 4.74 Å². The molecule has 0 N–H and O–H groups in total. The van der Waals surface area contributed by atoms with Gasteiger partial charge in [-0.1, -0.05) is 11.6 Å². The normalized spacial score (nSPS) is 8.90. The van der Waals surface area contributed by atoms with Crippen molar-refractivity contribution in [3.05, 3.63) is 23.5 Å². The van der Waals surface area contributed by atoms with E-state index in [2.05, 4.69) is 9.72 Å². The van der Waals surface area contributed by atoms with E-state index in [1.54, 1.807) is 0 Å². The first kappa shape index (κ1) is 7.02. The Bertz CT molecular complexity index is 239. The lowest BCUT2D eigenvalue weighted by Gasteiger charge is -1.94. The van der Waals surface area contributed by atoms with Crippen molar-refractivity contribution in [2.75, 3.05) is 0 Å². The summed E-state index contributed by atoms with van der Waals surface area (Å²) in [6, 6.07) is 1.50. The predicted molar refractivity (Wildman–Crippen MR) is 35.9 cm³/mol. The van der Waals surface area contributed by atoms with Gasteiger partial charge >= 0.3 is 0 Å². The second-order valence-corrected chi connectivity index (χ2v) is 1.99. The highest BCUT2D eigenvalue weighted by molar-refractivity contribution is 6.30. The Morgan fingerprint density at radius 2 is 2.40 bits per heavy atom. The highest BCUT2D eigenvalue weighted by Gasteiger charge is 1.92. The van der Waals surface area contributed by atoms with Crippen LogP contribution in [-0.4, -0.2) is 11.5 Å². The number of ether oxygens (including phenoxy) is 1. The number of nitrogens with zero attached hydrogens (tertiary/aromatic N) is 1. The second-order valence-electron chi connectivity index (χ2n) is 1.55. The van der Waals surface area contributed by atoms with Gasteiger partial charge in [0, 0.05) is 12.3 Å². The van der Waals surface area contributed by atoms with Gasteiger partial charge in [0.05, 0.1) is 11.2 Å². The topological polar surface area (TPSA) is 39.2 Å². The molecule has 1 aromatic heterocycles. The molecular formula is C6H4ClNO2. The maximum Gasteiger partial charge on any atom is 0.298 e. The Hall–Kier alpha value is -1.09. The molecule has 0 aliphatic rings. The molecular weight excluding hydrogens is 154 g/mol. The monoisotopic (exact) mass is 157 g/mol. The zero-order valence-corrected chi connectivity index (χ0v) is 5.71. The molecule has 0 aliphatic carbocycles. The molecule has 3 nitrogen and oxygen atoms in total. The van der Waals surface area contributed by atoms with Crippen LogP contribution in [0, 0.1) is 0 Å². The molecule has 0 aliphatic heterocycles. The summed E-state index contributed by atoms with van der Waals surface area (Å²) >= 11 is 5.52. The molecule has 0 saturated carbocycles. The number of halogens is 1. The summed E-state index contributed by atoms with van der Waals surface area (Å²) in [5.74, 6) is 0.350. The number of carbonyl (C=O) groups is 1. The molecule has 4 heteroatoms. The van der Waals surface area contributed by atoms with Gasteiger partial charge in [0.1, 0.15) is 5.75 Å². The molecule has 0 atom stereocenters. The minimum absolute atomic E-state index is 0.327. The molecule has 0 saturated heterocycles. The van der Waals surface area contributed by atoms with Crippen molar-refractivity contribution in [3.8, 4) is 5.75 Å². The summed E-state index contributed by atoms with van der Waals surface area (Å²) in [6.45, 7) is 0.327. The maximum absolute atomic E-state index is 9.79. The van der Waals surface area contributed by atoms with E-state index < -0.39 is 0 Å². The maximum atomic E-state index is 9.79. The molecule has 1 heterocycles. The number of aromatic nitrogens is 1. The highest BCUT2D eigenvalue weighted by atomic mass is 35.5. The van der Waals surface area contributed by atoms with Gasteiger partial charge in [-0.3, -0.25) is 9.78 Å². The van der Waals surface area contributed by atoms with Gasteiger partial charge in [-0.15, -0.1) is 0 Å². The number of carbonyl (C=O) groups excluding carboxylic acids is 1. The fraction of sp³-hybridized carbons (Fsp3) is 0. The van der Waals surface area contributed by atoms with E-state index in [0.29, 0.717) is 17.2 Å². The minimum Gasteiger partial charge on any atom is -0.427 e. The van der Waals surface area contributed by atoms with Crippen LogP contribution in [0.4, 0.5) is 0 Å². The van der Waals surface area contributed by atoms with Gasteiger partial charge in [0.25, 0.3) is 6.47 Å². The quantitative estimate of drug-likeness (QED) is 0.607. The van der Waals surface area contributed by atoms with Gasteiger partial charge in [-0.25, -0.2) is 0 Å². The zero-order valence-electron chi connectivity index (χ0n) is 4.95. The average Bonchev–Trinajstić information content (AvgIpc) is 1.88. The summed E-state index contributed by atoms with van der Waals surface area (Å²) in [5.41, 5.74) is 0.